The van der Waals surface area contributed by atoms with E-state index in [9.17, 15) is 9.59 Å². The quantitative estimate of drug-likeness (QED) is 0.678. The molecule has 1 atom stereocenters. The zero-order valence-corrected chi connectivity index (χ0v) is 20.0. The number of halogens is 1. The summed E-state index contributed by atoms with van der Waals surface area (Å²) in [4.78, 5) is 29.1. The van der Waals surface area contributed by atoms with E-state index in [1.807, 2.05) is 13.0 Å². The Morgan fingerprint density at radius 1 is 1.12 bits per heavy atom. The van der Waals surface area contributed by atoms with E-state index in [1.54, 1.807) is 33.8 Å². The van der Waals surface area contributed by atoms with Crippen LogP contribution in [0.15, 0.2) is 30.3 Å². The van der Waals surface area contributed by atoms with Crippen molar-refractivity contribution in [3.8, 4) is 0 Å². The van der Waals surface area contributed by atoms with Crippen molar-refractivity contribution < 1.29 is 9.59 Å². The Kier molecular flexibility index (Phi) is 6.61. The Morgan fingerprint density at radius 2 is 1.75 bits per heavy atom. The molecule has 1 aliphatic carbocycles. The lowest BCUT2D eigenvalue weighted by Crippen LogP contribution is -2.65. The Morgan fingerprint density at radius 3 is 2.38 bits per heavy atom. The molecule has 172 valence electrons. The molecular weight excluding hydrogens is 424 g/mol. The van der Waals surface area contributed by atoms with Crippen LogP contribution in [0.5, 0.6) is 0 Å². The van der Waals surface area contributed by atoms with E-state index in [0.29, 0.717) is 22.9 Å². The summed E-state index contributed by atoms with van der Waals surface area (Å²) >= 11 is 6.10. The zero-order valence-electron chi connectivity index (χ0n) is 19.2. The van der Waals surface area contributed by atoms with Crippen molar-refractivity contribution in [3.63, 3.8) is 0 Å². The molecule has 0 radical (unpaired) electrons. The fourth-order valence-corrected chi connectivity index (χ4v) is 4.95. The van der Waals surface area contributed by atoms with Gasteiger partial charge in [0.2, 0.25) is 5.91 Å². The second-order valence-electron chi connectivity index (χ2n) is 9.67. The molecule has 2 heterocycles. The van der Waals surface area contributed by atoms with Gasteiger partial charge in [0.05, 0.1) is 12.2 Å². The molecule has 1 N–H and O–H groups in total. The summed E-state index contributed by atoms with van der Waals surface area (Å²) in [6.45, 7) is 6.26. The van der Waals surface area contributed by atoms with Crippen molar-refractivity contribution >= 4 is 29.1 Å². The number of hydrogen-bond acceptors (Lipinski definition) is 3. The Hall–Kier alpha value is -2.34. The van der Waals surface area contributed by atoms with Crippen molar-refractivity contribution in [2.24, 2.45) is 0 Å². The minimum atomic E-state index is -1.10. The number of anilines is 1. The van der Waals surface area contributed by atoms with Crippen LogP contribution in [-0.4, -0.2) is 33.2 Å². The van der Waals surface area contributed by atoms with E-state index >= 15 is 0 Å². The Bertz CT molecular complexity index is 976. The third-order valence-corrected chi connectivity index (χ3v) is 7.03. The highest BCUT2D eigenvalue weighted by molar-refractivity contribution is 6.30. The molecule has 4 rings (SSSR count). The van der Waals surface area contributed by atoms with E-state index in [2.05, 4.69) is 24.3 Å². The SMILES string of the molecule is CC(C)c1cc2n(n1)CC(C)(C(=O)NC1CCCCCCC1)N(c1ccc(Cl)cc1)C2=O. The van der Waals surface area contributed by atoms with Gasteiger partial charge in [0.15, 0.2) is 0 Å². The number of rotatable bonds is 4. The van der Waals surface area contributed by atoms with Crippen molar-refractivity contribution in [2.75, 3.05) is 4.90 Å². The predicted molar refractivity (Wildman–Crippen MR) is 127 cm³/mol. The molecule has 2 aromatic rings. The van der Waals surface area contributed by atoms with Crippen LogP contribution in [0.2, 0.25) is 5.02 Å². The molecule has 0 saturated heterocycles. The first-order valence-electron chi connectivity index (χ1n) is 11.8. The van der Waals surface area contributed by atoms with Gasteiger partial charge in [-0.25, -0.2) is 0 Å². The molecule has 1 saturated carbocycles. The van der Waals surface area contributed by atoms with Gasteiger partial charge in [-0.3, -0.25) is 19.2 Å². The van der Waals surface area contributed by atoms with E-state index in [-0.39, 0.29) is 23.8 Å². The number of hydrogen-bond donors (Lipinski definition) is 1. The Labute approximate surface area is 195 Å². The molecular formula is C25H33ClN4O2. The molecule has 1 fully saturated rings. The van der Waals surface area contributed by atoms with E-state index in [1.165, 1.54) is 19.3 Å². The van der Waals surface area contributed by atoms with Gasteiger partial charge >= 0.3 is 0 Å². The van der Waals surface area contributed by atoms with Crippen molar-refractivity contribution in [3.05, 3.63) is 46.7 Å². The summed E-state index contributed by atoms with van der Waals surface area (Å²) in [7, 11) is 0. The maximum absolute atomic E-state index is 13.8. The number of benzene rings is 1. The lowest BCUT2D eigenvalue weighted by Gasteiger charge is -2.43. The highest BCUT2D eigenvalue weighted by Gasteiger charge is 2.49. The molecule has 1 aromatic carbocycles. The van der Waals surface area contributed by atoms with Crippen LogP contribution in [-0.2, 0) is 11.3 Å². The summed E-state index contributed by atoms with van der Waals surface area (Å²) in [6.07, 6.45) is 7.94. The largest absolute Gasteiger partial charge is 0.351 e. The standard InChI is InChI=1S/C25H33ClN4O2/c1-17(2)21-15-22-23(31)30(20-13-11-18(26)12-14-20)25(3,16-29(22)28-21)24(32)27-19-9-7-5-4-6-8-10-19/h11-15,17,19H,4-10,16H2,1-3H3,(H,27,32). The van der Waals surface area contributed by atoms with Crippen molar-refractivity contribution in [2.45, 2.75) is 89.8 Å². The van der Waals surface area contributed by atoms with Gasteiger partial charge in [-0.2, -0.15) is 5.10 Å². The Balaban J connectivity index is 1.70. The number of aromatic nitrogens is 2. The minimum absolute atomic E-state index is 0.126. The molecule has 6 nitrogen and oxygen atoms in total. The van der Waals surface area contributed by atoms with Crippen LogP contribution in [0.4, 0.5) is 5.69 Å². The number of nitrogens with zero attached hydrogens (tertiary/aromatic N) is 3. The smallest absolute Gasteiger partial charge is 0.277 e. The average Bonchev–Trinajstić information content (AvgIpc) is 3.15. The van der Waals surface area contributed by atoms with Crippen LogP contribution in [0, 0.1) is 0 Å². The summed E-state index contributed by atoms with van der Waals surface area (Å²) < 4.78 is 1.71. The van der Waals surface area contributed by atoms with Crippen LogP contribution in [0.25, 0.3) is 0 Å². The van der Waals surface area contributed by atoms with Gasteiger partial charge < -0.3 is 5.32 Å². The maximum atomic E-state index is 13.8. The van der Waals surface area contributed by atoms with Gasteiger partial charge in [-0.1, -0.05) is 57.6 Å². The zero-order chi connectivity index (χ0) is 22.9. The second-order valence-corrected chi connectivity index (χ2v) is 10.1. The van der Waals surface area contributed by atoms with Crippen LogP contribution < -0.4 is 10.2 Å². The molecule has 2 amide bonds. The van der Waals surface area contributed by atoms with Gasteiger partial charge in [0.25, 0.3) is 5.91 Å². The van der Waals surface area contributed by atoms with Crippen LogP contribution >= 0.6 is 11.6 Å². The fourth-order valence-electron chi connectivity index (χ4n) is 4.82. The van der Waals surface area contributed by atoms with Crippen LogP contribution in [0.3, 0.4) is 0 Å². The molecule has 1 unspecified atom stereocenters. The topological polar surface area (TPSA) is 67.2 Å². The highest BCUT2D eigenvalue weighted by atomic mass is 35.5. The number of amides is 2. The summed E-state index contributed by atoms with van der Waals surface area (Å²) in [5, 5.41) is 8.54. The molecule has 7 heteroatoms. The monoisotopic (exact) mass is 456 g/mol. The van der Waals surface area contributed by atoms with E-state index < -0.39 is 5.54 Å². The van der Waals surface area contributed by atoms with Crippen LogP contribution in [0.1, 0.15) is 87.8 Å². The van der Waals surface area contributed by atoms with Crippen molar-refractivity contribution in [1.29, 1.82) is 0 Å². The first-order chi connectivity index (χ1) is 15.3. The molecule has 2 aliphatic rings. The van der Waals surface area contributed by atoms with E-state index in [4.69, 9.17) is 11.6 Å². The third-order valence-electron chi connectivity index (χ3n) is 6.78. The molecule has 0 spiro atoms. The summed E-state index contributed by atoms with van der Waals surface area (Å²) in [6, 6.07) is 9.11. The van der Waals surface area contributed by atoms with Gasteiger partial charge in [-0.15, -0.1) is 0 Å². The van der Waals surface area contributed by atoms with Crippen molar-refractivity contribution in [1.82, 2.24) is 15.1 Å². The number of nitrogens with one attached hydrogen (secondary N) is 1. The summed E-state index contributed by atoms with van der Waals surface area (Å²) in [5.74, 6) is -0.146. The average molecular weight is 457 g/mol. The molecule has 1 aliphatic heterocycles. The maximum Gasteiger partial charge on any atom is 0.277 e. The number of fused-ring (bicyclic) bond motifs is 1. The third kappa shape index (κ3) is 4.42. The first-order valence-corrected chi connectivity index (χ1v) is 12.2. The lowest BCUT2D eigenvalue weighted by molar-refractivity contribution is -0.127. The van der Waals surface area contributed by atoms with Gasteiger partial charge in [-0.05, 0) is 56.0 Å². The van der Waals surface area contributed by atoms with E-state index in [0.717, 1.165) is 31.4 Å². The minimum Gasteiger partial charge on any atom is -0.351 e. The summed E-state index contributed by atoms with van der Waals surface area (Å²) in [5.41, 5.74) is 0.933. The highest BCUT2D eigenvalue weighted by Crippen LogP contribution is 2.34. The molecule has 32 heavy (non-hydrogen) atoms. The second kappa shape index (κ2) is 9.26. The number of carbonyl (C=O) groups excluding carboxylic acids is 2. The molecule has 0 bridgehead atoms. The predicted octanol–water partition coefficient (Wildman–Crippen LogP) is 5.31. The molecule has 1 aromatic heterocycles. The first kappa shape index (κ1) is 22.8. The van der Waals surface area contributed by atoms with Gasteiger partial charge in [0, 0.05) is 16.8 Å². The lowest BCUT2D eigenvalue weighted by atomic mass is 9.91. The number of carbonyl (C=O) groups is 2. The van der Waals surface area contributed by atoms with Gasteiger partial charge in [0.1, 0.15) is 11.2 Å². The fraction of sp³-hybridized carbons (Fsp3) is 0.560. The normalized spacial score (nSPS) is 22.4.